The van der Waals surface area contributed by atoms with E-state index in [-0.39, 0.29) is 11.8 Å². The van der Waals surface area contributed by atoms with Crippen molar-refractivity contribution in [1.82, 2.24) is 5.32 Å². The fraction of sp³-hybridized carbons (Fsp3) is 0.467. The van der Waals surface area contributed by atoms with E-state index in [1.807, 2.05) is 19.1 Å². The van der Waals surface area contributed by atoms with Gasteiger partial charge in [0.05, 0.1) is 6.54 Å². The van der Waals surface area contributed by atoms with Crippen LogP contribution in [-0.2, 0) is 9.59 Å². The summed E-state index contributed by atoms with van der Waals surface area (Å²) < 4.78 is 0. The van der Waals surface area contributed by atoms with Gasteiger partial charge in [-0.05, 0) is 49.9 Å². The number of amides is 2. The van der Waals surface area contributed by atoms with Crippen LogP contribution in [0.2, 0.25) is 0 Å². The average molecular weight is 275 g/mol. The van der Waals surface area contributed by atoms with E-state index in [2.05, 4.69) is 16.0 Å². The lowest BCUT2D eigenvalue weighted by atomic mass is 10.1. The third-order valence-electron chi connectivity index (χ3n) is 3.25. The van der Waals surface area contributed by atoms with Crippen LogP contribution in [0.4, 0.5) is 11.4 Å². The zero-order valence-corrected chi connectivity index (χ0v) is 12.0. The van der Waals surface area contributed by atoms with Crippen LogP contribution in [0.5, 0.6) is 0 Å². The standard InChI is InChI=1S/C15H21N3O2/c1-10-3-6-13(7-14(10)17-11(2)19)18-15(20)9-16-8-12-4-5-12/h3,6-7,12,16H,4-5,8-9H2,1-2H3,(H,17,19)(H,18,20). The molecule has 1 aromatic carbocycles. The molecule has 1 saturated carbocycles. The molecule has 2 amide bonds. The van der Waals surface area contributed by atoms with Crippen LogP contribution in [0, 0.1) is 12.8 Å². The highest BCUT2D eigenvalue weighted by atomic mass is 16.2. The fourth-order valence-corrected chi connectivity index (χ4v) is 1.94. The smallest absolute Gasteiger partial charge is 0.238 e. The first kappa shape index (κ1) is 14.5. The van der Waals surface area contributed by atoms with Crippen molar-refractivity contribution in [3.63, 3.8) is 0 Å². The highest BCUT2D eigenvalue weighted by Crippen LogP contribution is 2.27. The lowest BCUT2D eigenvalue weighted by Crippen LogP contribution is -2.29. The van der Waals surface area contributed by atoms with Crippen molar-refractivity contribution >= 4 is 23.2 Å². The second kappa shape index (κ2) is 6.52. The van der Waals surface area contributed by atoms with Crippen molar-refractivity contribution in [1.29, 1.82) is 0 Å². The minimum Gasteiger partial charge on any atom is -0.326 e. The molecule has 0 atom stereocenters. The monoisotopic (exact) mass is 275 g/mol. The van der Waals surface area contributed by atoms with Crippen molar-refractivity contribution < 1.29 is 9.59 Å². The Balaban J connectivity index is 1.87. The van der Waals surface area contributed by atoms with E-state index in [0.717, 1.165) is 23.7 Å². The topological polar surface area (TPSA) is 70.2 Å². The van der Waals surface area contributed by atoms with Gasteiger partial charge in [0.2, 0.25) is 11.8 Å². The summed E-state index contributed by atoms with van der Waals surface area (Å²) in [7, 11) is 0. The number of carbonyl (C=O) groups is 2. The molecule has 0 bridgehead atoms. The largest absolute Gasteiger partial charge is 0.326 e. The first-order valence-electron chi connectivity index (χ1n) is 6.93. The first-order valence-corrected chi connectivity index (χ1v) is 6.93. The van der Waals surface area contributed by atoms with Gasteiger partial charge in [0.1, 0.15) is 0 Å². The minimum atomic E-state index is -0.123. The molecule has 0 aromatic heterocycles. The maximum Gasteiger partial charge on any atom is 0.238 e. The predicted octanol–water partition coefficient (Wildman–Crippen LogP) is 1.89. The van der Waals surface area contributed by atoms with E-state index in [1.165, 1.54) is 19.8 Å². The number of anilines is 2. The zero-order valence-electron chi connectivity index (χ0n) is 12.0. The molecule has 0 spiro atoms. The van der Waals surface area contributed by atoms with E-state index in [4.69, 9.17) is 0 Å². The zero-order chi connectivity index (χ0) is 14.5. The van der Waals surface area contributed by atoms with Gasteiger partial charge >= 0.3 is 0 Å². The highest BCUT2D eigenvalue weighted by Gasteiger charge is 2.20. The molecular weight excluding hydrogens is 254 g/mol. The molecule has 1 aliphatic carbocycles. The van der Waals surface area contributed by atoms with Crippen molar-refractivity contribution in [2.75, 3.05) is 23.7 Å². The minimum absolute atomic E-state index is 0.0664. The maximum absolute atomic E-state index is 11.8. The van der Waals surface area contributed by atoms with E-state index in [1.54, 1.807) is 6.07 Å². The molecule has 0 saturated heterocycles. The van der Waals surface area contributed by atoms with Gasteiger partial charge in [-0.15, -0.1) is 0 Å². The molecule has 108 valence electrons. The van der Waals surface area contributed by atoms with Gasteiger partial charge in [0, 0.05) is 18.3 Å². The summed E-state index contributed by atoms with van der Waals surface area (Å²) in [5, 5.41) is 8.72. The Morgan fingerprint density at radius 2 is 2.00 bits per heavy atom. The van der Waals surface area contributed by atoms with Gasteiger partial charge in [-0.25, -0.2) is 0 Å². The van der Waals surface area contributed by atoms with E-state index < -0.39 is 0 Å². The van der Waals surface area contributed by atoms with E-state index in [0.29, 0.717) is 12.2 Å². The van der Waals surface area contributed by atoms with Crippen LogP contribution in [-0.4, -0.2) is 24.9 Å². The summed E-state index contributed by atoms with van der Waals surface area (Å²) in [6, 6.07) is 5.48. The number of nitrogens with one attached hydrogen (secondary N) is 3. The number of aryl methyl sites for hydroxylation is 1. The normalized spacial score (nSPS) is 13.9. The Morgan fingerprint density at radius 3 is 2.65 bits per heavy atom. The second-order valence-corrected chi connectivity index (χ2v) is 5.33. The number of hydrogen-bond acceptors (Lipinski definition) is 3. The molecule has 0 aliphatic heterocycles. The predicted molar refractivity (Wildman–Crippen MR) is 79.7 cm³/mol. The Labute approximate surface area is 119 Å². The van der Waals surface area contributed by atoms with Gasteiger partial charge in [0.25, 0.3) is 0 Å². The van der Waals surface area contributed by atoms with Crippen molar-refractivity contribution in [2.45, 2.75) is 26.7 Å². The lowest BCUT2D eigenvalue weighted by Gasteiger charge is -2.11. The van der Waals surface area contributed by atoms with E-state index in [9.17, 15) is 9.59 Å². The van der Waals surface area contributed by atoms with Gasteiger partial charge < -0.3 is 16.0 Å². The Bertz CT molecular complexity index is 510. The fourth-order valence-electron chi connectivity index (χ4n) is 1.94. The van der Waals surface area contributed by atoms with Crippen molar-refractivity contribution in [3.8, 4) is 0 Å². The number of rotatable bonds is 6. The molecule has 0 radical (unpaired) electrons. The van der Waals surface area contributed by atoms with Crippen LogP contribution < -0.4 is 16.0 Å². The first-order chi connectivity index (χ1) is 9.54. The Hall–Kier alpha value is -1.88. The highest BCUT2D eigenvalue weighted by molar-refractivity contribution is 5.94. The lowest BCUT2D eigenvalue weighted by molar-refractivity contribution is -0.115. The molecule has 1 fully saturated rings. The molecule has 1 aromatic rings. The van der Waals surface area contributed by atoms with Crippen molar-refractivity contribution in [3.05, 3.63) is 23.8 Å². The van der Waals surface area contributed by atoms with Gasteiger partial charge in [0.15, 0.2) is 0 Å². The van der Waals surface area contributed by atoms with Crippen LogP contribution in [0.25, 0.3) is 0 Å². The quantitative estimate of drug-likeness (QED) is 0.742. The molecule has 0 unspecified atom stereocenters. The Morgan fingerprint density at radius 1 is 1.25 bits per heavy atom. The summed E-state index contributed by atoms with van der Waals surface area (Å²) in [6.45, 7) is 4.61. The van der Waals surface area contributed by atoms with Gasteiger partial charge in [-0.1, -0.05) is 6.07 Å². The van der Waals surface area contributed by atoms with Gasteiger partial charge in [-0.3, -0.25) is 9.59 Å². The van der Waals surface area contributed by atoms with Crippen LogP contribution in [0.3, 0.4) is 0 Å². The summed E-state index contributed by atoms with van der Waals surface area (Å²) >= 11 is 0. The molecule has 5 nitrogen and oxygen atoms in total. The van der Waals surface area contributed by atoms with Crippen LogP contribution >= 0.6 is 0 Å². The van der Waals surface area contributed by atoms with Gasteiger partial charge in [-0.2, -0.15) is 0 Å². The summed E-state index contributed by atoms with van der Waals surface area (Å²) in [5.74, 6) is 0.569. The van der Waals surface area contributed by atoms with Crippen LogP contribution in [0.1, 0.15) is 25.3 Å². The molecule has 20 heavy (non-hydrogen) atoms. The molecule has 3 N–H and O–H groups in total. The summed E-state index contributed by atoms with van der Waals surface area (Å²) in [6.07, 6.45) is 2.54. The molecule has 2 rings (SSSR count). The molecule has 1 aliphatic rings. The third-order valence-corrected chi connectivity index (χ3v) is 3.25. The number of carbonyl (C=O) groups excluding carboxylic acids is 2. The number of benzene rings is 1. The van der Waals surface area contributed by atoms with Crippen LogP contribution in [0.15, 0.2) is 18.2 Å². The molecule has 0 heterocycles. The second-order valence-electron chi connectivity index (χ2n) is 5.33. The van der Waals surface area contributed by atoms with Crippen molar-refractivity contribution in [2.24, 2.45) is 5.92 Å². The maximum atomic E-state index is 11.8. The van der Waals surface area contributed by atoms with E-state index >= 15 is 0 Å². The molecular formula is C15H21N3O2. The summed E-state index contributed by atoms with van der Waals surface area (Å²) in [4.78, 5) is 22.9. The number of hydrogen-bond donors (Lipinski definition) is 3. The SMILES string of the molecule is CC(=O)Nc1cc(NC(=O)CNCC2CC2)ccc1C. The summed E-state index contributed by atoms with van der Waals surface area (Å²) in [5.41, 5.74) is 2.38. The third kappa shape index (κ3) is 4.66. The average Bonchev–Trinajstić information content (AvgIpc) is 3.17. The molecule has 5 heteroatoms. The Kier molecular flexibility index (Phi) is 4.74.